The molecule has 25 heavy (non-hydrogen) atoms. The van der Waals surface area contributed by atoms with Crippen LogP contribution in [0.25, 0.3) is 5.95 Å². The topological polar surface area (TPSA) is 113 Å². The van der Waals surface area contributed by atoms with Gasteiger partial charge in [0, 0.05) is 12.6 Å². The second kappa shape index (κ2) is 6.43. The molecule has 9 nitrogen and oxygen atoms in total. The Bertz CT molecular complexity index is 768. The van der Waals surface area contributed by atoms with Crippen molar-refractivity contribution >= 4 is 5.91 Å². The van der Waals surface area contributed by atoms with Gasteiger partial charge in [-0.05, 0) is 25.8 Å². The maximum absolute atomic E-state index is 12.6. The van der Waals surface area contributed by atoms with Crippen LogP contribution >= 0.6 is 0 Å². The molecule has 0 saturated carbocycles. The Morgan fingerprint density at radius 3 is 2.76 bits per heavy atom. The van der Waals surface area contributed by atoms with Gasteiger partial charge < -0.3 is 10.6 Å². The highest BCUT2D eigenvalue weighted by molar-refractivity contribution is 5.90. The van der Waals surface area contributed by atoms with Gasteiger partial charge in [-0.3, -0.25) is 9.89 Å². The maximum Gasteiger partial charge on any atom is 0.451 e. The van der Waals surface area contributed by atoms with E-state index < -0.39 is 17.9 Å². The zero-order chi connectivity index (χ0) is 18.2. The summed E-state index contributed by atoms with van der Waals surface area (Å²) in [6.45, 7) is 5.07. The van der Waals surface area contributed by atoms with Crippen LogP contribution in [0.3, 0.4) is 0 Å². The van der Waals surface area contributed by atoms with Gasteiger partial charge in [0.25, 0.3) is 11.9 Å². The van der Waals surface area contributed by atoms with Crippen molar-refractivity contribution in [3.63, 3.8) is 0 Å². The van der Waals surface area contributed by atoms with Gasteiger partial charge in [0.05, 0.1) is 0 Å². The summed E-state index contributed by atoms with van der Waals surface area (Å²) in [7, 11) is 0. The van der Waals surface area contributed by atoms with Crippen molar-refractivity contribution in [3.05, 3.63) is 17.5 Å². The first-order valence-electron chi connectivity index (χ1n) is 7.71. The average molecular weight is 358 g/mol. The van der Waals surface area contributed by atoms with Gasteiger partial charge in [-0.25, -0.2) is 4.98 Å². The zero-order valence-corrected chi connectivity index (χ0v) is 13.6. The molecule has 12 heteroatoms. The summed E-state index contributed by atoms with van der Waals surface area (Å²) < 4.78 is 38.8. The Kier molecular flexibility index (Phi) is 4.45. The number of nitrogens with one attached hydrogen (secondary N) is 3. The summed E-state index contributed by atoms with van der Waals surface area (Å²) in [5.74, 6) is -1.71. The van der Waals surface area contributed by atoms with Gasteiger partial charge in [0.15, 0.2) is 0 Å². The molecule has 0 radical (unpaired) electrons. The number of aromatic amines is 1. The quantitative estimate of drug-likeness (QED) is 0.734. The number of aromatic nitrogens is 6. The number of aryl methyl sites for hydroxylation is 1. The number of piperidine rings is 1. The van der Waals surface area contributed by atoms with Crippen molar-refractivity contribution in [2.24, 2.45) is 5.92 Å². The Morgan fingerprint density at radius 1 is 1.36 bits per heavy atom. The second-order valence-electron chi connectivity index (χ2n) is 5.93. The smallest absolute Gasteiger partial charge is 0.345 e. The molecule has 1 saturated heterocycles. The lowest BCUT2D eigenvalue weighted by atomic mass is 9.95. The Hall–Kier alpha value is -2.50. The largest absolute Gasteiger partial charge is 0.451 e. The van der Waals surface area contributed by atoms with Crippen LogP contribution in [0.2, 0.25) is 0 Å². The summed E-state index contributed by atoms with van der Waals surface area (Å²) in [6, 6.07) is -0.0613. The van der Waals surface area contributed by atoms with E-state index in [9.17, 15) is 18.0 Å². The van der Waals surface area contributed by atoms with Crippen LogP contribution in [-0.4, -0.2) is 55.0 Å². The third-order valence-electron chi connectivity index (χ3n) is 4.05. The third kappa shape index (κ3) is 3.62. The molecule has 136 valence electrons. The lowest BCUT2D eigenvalue weighted by Gasteiger charge is -2.29. The number of carbonyl (C=O) groups is 1. The first kappa shape index (κ1) is 17.3. The molecule has 1 aliphatic heterocycles. The van der Waals surface area contributed by atoms with E-state index in [0.29, 0.717) is 12.5 Å². The van der Waals surface area contributed by atoms with E-state index in [0.717, 1.165) is 17.6 Å². The lowest BCUT2D eigenvalue weighted by molar-refractivity contribution is -0.144. The van der Waals surface area contributed by atoms with E-state index in [1.165, 1.54) is 6.92 Å². The fraction of sp³-hybridized carbons (Fsp3) is 0.615. The molecule has 2 aromatic heterocycles. The van der Waals surface area contributed by atoms with E-state index in [-0.39, 0.29) is 23.6 Å². The van der Waals surface area contributed by atoms with E-state index in [1.54, 1.807) is 5.10 Å². The third-order valence-corrected chi connectivity index (χ3v) is 4.05. The minimum absolute atomic E-state index is 0.0613. The molecule has 3 heterocycles. The van der Waals surface area contributed by atoms with Crippen LogP contribution < -0.4 is 10.6 Å². The number of carbonyl (C=O) groups excluding carboxylic acids is 1. The molecule has 1 amide bonds. The van der Waals surface area contributed by atoms with Crippen LogP contribution in [0.15, 0.2) is 0 Å². The van der Waals surface area contributed by atoms with Crippen molar-refractivity contribution in [1.29, 1.82) is 0 Å². The van der Waals surface area contributed by atoms with Gasteiger partial charge in [0.2, 0.25) is 11.6 Å². The van der Waals surface area contributed by atoms with Gasteiger partial charge in [-0.2, -0.15) is 22.8 Å². The van der Waals surface area contributed by atoms with Gasteiger partial charge >= 0.3 is 6.18 Å². The molecule has 2 unspecified atom stereocenters. The van der Waals surface area contributed by atoms with Gasteiger partial charge in [-0.15, -0.1) is 10.2 Å². The minimum atomic E-state index is -4.65. The molecule has 0 aliphatic carbocycles. The number of alkyl halides is 3. The molecular weight excluding hydrogens is 341 g/mol. The lowest BCUT2D eigenvalue weighted by Crippen LogP contribution is -2.50. The Morgan fingerprint density at radius 2 is 2.12 bits per heavy atom. The van der Waals surface area contributed by atoms with Crippen LogP contribution in [0.4, 0.5) is 13.2 Å². The second-order valence-corrected chi connectivity index (χ2v) is 5.93. The highest BCUT2D eigenvalue weighted by Gasteiger charge is 2.36. The fourth-order valence-corrected chi connectivity index (χ4v) is 2.57. The van der Waals surface area contributed by atoms with Crippen LogP contribution in [0.1, 0.15) is 35.6 Å². The molecule has 3 N–H and O–H groups in total. The Balaban J connectivity index is 1.78. The SMILES string of the molecule is Cc1nc(C(=O)NC2CNCCC2C)nn1-c1n[nH]c(C(F)(F)F)n1. The first-order chi connectivity index (χ1) is 11.8. The molecular formula is C13H17F3N8O. The minimum Gasteiger partial charge on any atom is -0.345 e. The molecule has 0 bridgehead atoms. The summed E-state index contributed by atoms with van der Waals surface area (Å²) in [6.07, 6.45) is -3.71. The summed E-state index contributed by atoms with van der Waals surface area (Å²) >= 11 is 0. The average Bonchev–Trinajstić information content (AvgIpc) is 3.15. The van der Waals surface area contributed by atoms with Crippen LogP contribution in [0, 0.1) is 12.8 Å². The molecule has 2 aromatic rings. The maximum atomic E-state index is 12.6. The van der Waals surface area contributed by atoms with Crippen molar-refractivity contribution in [3.8, 4) is 5.95 Å². The summed E-state index contributed by atoms with van der Waals surface area (Å²) in [5.41, 5.74) is 0. The predicted molar refractivity (Wildman–Crippen MR) is 78.9 cm³/mol. The van der Waals surface area contributed by atoms with Crippen molar-refractivity contribution in [1.82, 2.24) is 40.6 Å². The number of hydrogen-bond donors (Lipinski definition) is 3. The fourth-order valence-electron chi connectivity index (χ4n) is 2.57. The van der Waals surface area contributed by atoms with E-state index in [4.69, 9.17) is 0 Å². The van der Waals surface area contributed by atoms with Crippen molar-refractivity contribution < 1.29 is 18.0 Å². The highest BCUT2D eigenvalue weighted by Crippen LogP contribution is 2.26. The van der Waals surface area contributed by atoms with Crippen LogP contribution in [-0.2, 0) is 6.18 Å². The monoisotopic (exact) mass is 358 g/mol. The predicted octanol–water partition coefficient (Wildman–Crippen LogP) is 0.440. The van der Waals surface area contributed by atoms with E-state index >= 15 is 0 Å². The number of halogens is 3. The van der Waals surface area contributed by atoms with E-state index in [1.807, 2.05) is 6.92 Å². The van der Waals surface area contributed by atoms with E-state index in [2.05, 4.69) is 30.8 Å². The number of amides is 1. The molecule has 0 spiro atoms. The molecule has 1 aliphatic rings. The van der Waals surface area contributed by atoms with Crippen molar-refractivity contribution in [2.45, 2.75) is 32.5 Å². The molecule has 0 aromatic carbocycles. The number of nitrogens with zero attached hydrogens (tertiary/aromatic N) is 5. The number of H-pyrrole nitrogens is 1. The summed E-state index contributed by atoms with van der Waals surface area (Å²) in [5, 5.41) is 15.2. The highest BCUT2D eigenvalue weighted by atomic mass is 19.4. The number of hydrogen-bond acceptors (Lipinski definition) is 6. The molecule has 3 rings (SSSR count). The van der Waals surface area contributed by atoms with Gasteiger partial charge in [0.1, 0.15) is 5.82 Å². The standard InChI is InChI=1S/C13H17F3N8O/c1-6-3-4-17-5-8(6)19-10(25)9-18-7(2)24(23-9)12-20-11(21-22-12)13(14,15)16/h6,8,17H,3-5H2,1-2H3,(H,19,25)(H,20,21,22). The normalized spacial score (nSPS) is 21.3. The number of rotatable bonds is 3. The summed E-state index contributed by atoms with van der Waals surface area (Å²) in [4.78, 5) is 19.6. The first-order valence-corrected chi connectivity index (χ1v) is 7.71. The zero-order valence-electron chi connectivity index (χ0n) is 13.6. The van der Waals surface area contributed by atoms with Gasteiger partial charge in [-0.1, -0.05) is 6.92 Å². The van der Waals surface area contributed by atoms with Crippen LogP contribution in [0.5, 0.6) is 0 Å². The van der Waals surface area contributed by atoms with Crippen molar-refractivity contribution in [2.75, 3.05) is 13.1 Å². The molecule has 1 fully saturated rings. The Labute approximate surface area is 140 Å². The molecule has 2 atom stereocenters.